The summed E-state index contributed by atoms with van der Waals surface area (Å²) < 4.78 is 0. The normalized spacial score (nSPS) is 18.7. The van der Waals surface area contributed by atoms with Crippen molar-refractivity contribution < 1.29 is 0 Å². The van der Waals surface area contributed by atoms with Gasteiger partial charge in [-0.25, -0.2) is 9.97 Å². The molecule has 18 heavy (non-hydrogen) atoms. The Morgan fingerprint density at radius 3 is 2.67 bits per heavy atom. The number of hydrogen-bond donors (Lipinski definition) is 1. The molecule has 0 amide bonds. The molecule has 0 saturated carbocycles. The number of anilines is 2. The third-order valence-electron chi connectivity index (χ3n) is 3.49. The smallest absolute Gasteiger partial charge is 0.134 e. The molecule has 1 aromatic heterocycles. The number of hydrogen-bond acceptors (Lipinski definition) is 5. The van der Waals surface area contributed by atoms with Crippen molar-refractivity contribution in [3.63, 3.8) is 0 Å². The molecule has 1 aliphatic rings. The van der Waals surface area contributed by atoms with Gasteiger partial charge in [-0.3, -0.25) is 0 Å². The number of piperazine rings is 1. The molecule has 100 valence electrons. The first-order valence-corrected chi connectivity index (χ1v) is 6.71. The van der Waals surface area contributed by atoms with Crippen molar-refractivity contribution in [2.24, 2.45) is 0 Å². The summed E-state index contributed by atoms with van der Waals surface area (Å²) in [5, 5.41) is 3.39. The Morgan fingerprint density at radius 1 is 1.28 bits per heavy atom. The van der Waals surface area contributed by atoms with E-state index in [1.807, 2.05) is 0 Å². The molecule has 0 radical (unpaired) electrons. The summed E-state index contributed by atoms with van der Waals surface area (Å²) >= 11 is 0. The van der Waals surface area contributed by atoms with Gasteiger partial charge in [0.2, 0.25) is 0 Å². The number of likely N-dealkylation sites (N-methyl/N-ethyl adjacent to an activating group) is 1. The van der Waals surface area contributed by atoms with Crippen molar-refractivity contribution >= 4 is 11.6 Å². The largest absolute Gasteiger partial charge is 0.367 e. The summed E-state index contributed by atoms with van der Waals surface area (Å²) in [5.74, 6) is 1.96. The van der Waals surface area contributed by atoms with E-state index in [0.29, 0.717) is 6.04 Å². The quantitative estimate of drug-likeness (QED) is 0.874. The topological polar surface area (TPSA) is 44.3 Å². The second kappa shape index (κ2) is 6.00. The number of aromatic nitrogens is 2. The fourth-order valence-electron chi connectivity index (χ4n) is 1.99. The van der Waals surface area contributed by atoms with Crippen molar-refractivity contribution in [2.75, 3.05) is 43.4 Å². The third-order valence-corrected chi connectivity index (χ3v) is 3.49. The second-order valence-electron chi connectivity index (χ2n) is 5.01. The minimum Gasteiger partial charge on any atom is -0.367 e. The molecule has 1 atom stereocenters. The standard InChI is InChI=1S/C13H23N5/c1-4-11(2)16-12-9-13(15-10-14-12)18-7-5-17(3)6-8-18/h9-11H,4-8H2,1-3H3,(H,14,15,16). The average molecular weight is 249 g/mol. The van der Waals surface area contributed by atoms with Crippen LogP contribution in [0.1, 0.15) is 20.3 Å². The molecule has 2 rings (SSSR count). The lowest BCUT2D eigenvalue weighted by molar-refractivity contribution is 0.312. The van der Waals surface area contributed by atoms with Crippen LogP contribution >= 0.6 is 0 Å². The Balaban J connectivity index is 2.02. The van der Waals surface area contributed by atoms with Crippen LogP contribution in [0.4, 0.5) is 11.6 Å². The van der Waals surface area contributed by atoms with Crippen LogP contribution in [0.15, 0.2) is 12.4 Å². The van der Waals surface area contributed by atoms with Crippen LogP contribution in [0, 0.1) is 0 Å². The van der Waals surface area contributed by atoms with Gasteiger partial charge in [0.15, 0.2) is 0 Å². The van der Waals surface area contributed by atoms with Crippen molar-refractivity contribution in [3.8, 4) is 0 Å². The molecule has 1 aromatic rings. The minimum atomic E-state index is 0.445. The van der Waals surface area contributed by atoms with E-state index in [0.717, 1.165) is 44.2 Å². The van der Waals surface area contributed by atoms with Crippen LogP contribution in [0.2, 0.25) is 0 Å². The van der Waals surface area contributed by atoms with E-state index in [1.54, 1.807) is 6.33 Å². The molecule has 0 aromatic carbocycles. The molecule has 2 heterocycles. The van der Waals surface area contributed by atoms with E-state index in [9.17, 15) is 0 Å². The number of rotatable bonds is 4. The van der Waals surface area contributed by atoms with Gasteiger partial charge in [-0.1, -0.05) is 6.92 Å². The Bertz CT molecular complexity index is 373. The van der Waals surface area contributed by atoms with E-state index >= 15 is 0 Å². The van der Waals surface area contributed by atoms with Crippen LogP contribution in [-0.4, -0.2) is 54.1 Å². The Morgan fingerprint density at radius 2 is 2.00 bits per heavy atom. The Labute approximate surface area is 109 Å². The van der Waals surface area contributed by atoms with Gasteiger partial charge in [-0.15, -0.1) is 0 Å². The third kappa shape index (κ3) is 3.32. The molecule has 1 unspecified atom stereocenters. The fourth-order valence-corrected chi connectivity index (χ4v) is 1.99. The highest BCUT2D eigenvalue weighted by Crippen LogP contribution is 2.16. The zero-order valence-corrected chi connectivity index (χ0v) is 11.6. The monoisotopic (exact) mass is 249 g/mol. The highest BCUT2D eigenvalue weighted by atomic mass is 15.3. The van der Waals surface area contributed by atoms with Crippen LogP contribution in [-0.2, 0) is 0 Å². The summed E-state index contributed by atoms with van der Waals surface area (Å²) in [7, 11) is 2.16. The molecule has 5 nitrogen and oxygen atoms in total. The zero-order valence-electron chi connectivity index (χ0n) is 11.6. The van der Waals surface area contributed by atoms with Crippen LogP contribution in [0.3, 0.4) is 0 Å². The minimum absolute atomic E-state index is 0.445. The predicted octanol–water partition coefficient (Wildman–Crippen LogP) is 1.44. The average Bonchev–Trinajstić information content (AvgIpc) is 2.40. The summed E-state index contributed by atoms with van der Waals surface area (Å²) in [6.45, 7) is 8.60. The lowest BCUT2D eigenvalue weighted by atomic mass is 10.2. The fraction of sp³-hybridized carbons (Fsp3) is 0.692. The van der Waals surface area contributed by atoms with Crippen LogP contribution in [0.25, 0.3) is 0 Å². The van der Waals surface area contributed by atoms with Gasteiger partial charge in [0.1, 0.15) is 18.0 Å². The summed E-state index contributed by atoms with van der Waals surface area (Å²) in [4.78, 5) is 13.3. The summed E-state index contributed by atoms with van der Waals surface area (Å²) in [5.41, 5.74) is 0. The first-order valence-electron chi connectivity index (χ1n) is 6.71. The van der Waals surface area contributed by atoms with Gasteiger partial charge >= 0.3 is 0 Å². The van der Waals surface area contributed by atoms with Crippen molar-refractivity contribution in [3.05, 3.63) is 12.4 Å². The molecule has 1 fully saturated rings. The lowest BCUT2D eigenvalue weighted by Gasteiger charge is -2.33. The van der Waals surface area contributed by atoms with E-state index < -0.39 is 0 Å². The predicted molar refractivity (Wildman–Crippen MR) is 75.1 cm³/mol. The van der Waals surface area contributed by atoms with E-state index in [2.05, 4.69) is 52.0 Å². The molecule has 0 spiro atoms. The van der Waals surface area contributed by atoms with Crippen molar-refractivity contribution in [1.82, 2.24) is 14.9 Å². The van der Waals surface area contributed by atoms with Gasteiger partial charge in [0.05, 0.1) is 0 Å². The Hall–Kier alpha value is -1.36. The van der Waals surface area contributed by atoms with Gasteiger partial charge in [0, 0.05) is 38.3 Å². The van der Waals surface area contributed by atoms with Gasteiger partial charge in [0.25, 0.3) is 0 Å². The highest BCUT2D eigenvalue weighted by molar-refractivity contribution is 5.49. The molecule has 5 heteroatoms. The number of nitrogens with one attached hydrogen (secondary N) is 1. The molecule has 1 N–H and O–H groups in total. The van der Waals surface area contributed by atoms with E-state index in [4.69, 9.17) is 0 Å². The molecular formula is C13H23N5. The zero-order chi connectivity index (χ0) is 13.0. The van der Waals surface area contributed by atoms with Crippen LogP contribution < -0.4 is 10.2 Å². The van der Waals surface area contributed by atoms with Crippen molar-refractivity contribution in [1.29, 1.82) is 0 Å². The van der Waals surface area contributed by atoms with E-state index in [-0.39, 0.29) is 0 Å². The molecule has 0 bridgehead atoms. The first-order chi connectivity index (χ1) is 8.69. The molecular weight excluding hydrogens is 226 g/mol. The van der Waals surface area contributed by atoms with Gasteiger partial charge in [-0.2, -0.15) is 0 Å². The maximum absolute atomic E-state index is 4.38. The summed E-state index contributed by atoms with van der Waals surface area (Å²) in [6, 6.07) is 2.50. The van der Waals surface area contributed by atoms with E-state index in [1.165, 1.54) is 0 Å². The van der Waals surface area contributed by atoms with Crippen LogP contribution in [0.5, 0.6) is 0 Å². The lowest BCUT2D eigenvalue weighted by Crippen LogP contribution is -2.44. The van der Waals surface area contributed by atoms with Crippen molar-refractivity contribution in [2.45, 2.75) is 26.3 Å². The second-order valence-corrected chi connectivity index (χ2v) is 5.01. The van der Waals surface area contributed by atoms with Gasteiger partial charge in [-0.05, 0) is 20.4 Å². The molecule has 1 aliphatic heterocycles. The summed E-state index contributed by atoms with van der Waals surface area (Å²) in [6.07, 6.45) is 2.74. The maximum Gasteiger partial charge on any atom is 0.134 e. The maximum atomic E-state index is 4.38. The molecule has 0 aliphatic carbocycles. The van der Waals surface area contributed by atoms with Gasteiger partial charge < -0.3 is 15.1 Å². The first kappa shape index (κ1) is 13.1. The Kier molecular flexibility index (Phi) is 4.36. The number of nitrogens with zero attached hydrogens (tertiary/aromatic N) is 4. The SMILES string of the molecule is CCC(C)Nc1cc(N2CCN(C)CC2)ncn1. The molecule has 1 saturated heterocycles. The highest BCUT2D eigenvalue weighted by Gasteiger charge is 2.15.